The number of fused-ring (bicyclic) bond motifs is 3. The zero-order valence-corrected chi connectivity index (χ0v) is 13.0. The summed E-state index contributed by atoms with van der Waals surface area (Å²) in [5.74, 6) is 0. The van der Waals surface area contributed by atoms with Crippen molar-refractivity contribution in [1.29, 1.82) is 0 Å². The molecule has 0 radical (unpaired) electrons. The van der Waals surface area contributed by atoms with Gasteiger partial charge in [-0.3, -0.25) is 9.80 Å². The predicted octanol–water partition coefficient (Wildman–Crippen LogP) is 3.32. The fourth-order valence-corrected chi connectivity index (χ4v) is 2.74. The molecule has 4 rings (SSSR count). The maximum atomic E-state index is 12.3. The predicted molar refractivity (Wildman–Crippen MR) is 86.4 cm³/mol. The van der Waals surface area contributed by atoms with Gasteiger partial charge in [0.25, 0.3) is 0 Å². The van der Waals surface area contributed by atoms with E-state index < -0.39 is 17.8 Å². The van der Waals surface area contributed by atoms with E-state index >= 15 is 0 Å². The first-order valence-electron chi connectivity index (χ1n) is 7.57. The molecule has 3 aliphatic heterocycles. The molecular weight excluding hydrogens is 305 g/mol. The van der Waals surface area contributed by atoms with Gasteiger partial charge in [-0.05, 0) is 31.5 Å². The molecule has 0 unspecified atom stereocenters. The van der Waals surface area contributed by atoms with Crippen LogP contribution in [0.1, 0.15) is 37.1 Å². The number of rotatable bonds is 1. The second kappa shape index (κ2) is 8.13. The third-order valence-electron chi connectivity index (χ3n) is 4.11. The summed E-state index contributed by atoms with van der Waals surface area (Å²) in [5.41, 5.74) is 0.0708. The van der Waals surface area contributed by atoms with E-state index in [9.17, 15) is 18.3 Å². The minimum absolute atomic E-state index is 0. The van der Waals surface area contributed by atoms with Gasteiger partial charge in [0.05, 0.1) is 11.7 Å². The fourth-order valence-electron chi connectivity index (χ4n) is 2.74. The first-order valence-corrected chi connectivity index (χ1v) is 7.57. The van der Waals surface area contributed by atoms with Gasteiger partial charge in [-0.25, -0.2) is 0 Å². The van der Waals surface area contributed by atoms with Crippen molar-refractivity contribution >= 4 is 0 Å². The summed E-state index contributed by atoms with van der Waals surface area (Å²) in [6.45, 7) is 10.9. The minimum atomic E-state index is -4.35. The van der Waals surface area contributed by atoms with Crippen LogP contribution in [0.3, 0.4) is 0 Å². The molecule has 132 valence electrons. The molecule has 6 heteroatoms. The highest BCUT2D eigenvalue weighted by Crippen LogP contribution is 2.31. The van der Waals surface area contributed by atoms with Crippen LogP contribution in [-0.2, 0) is 6.18 Å². The largest absolute Gasteiger partial charge is 0.416 e. The van der Waals surface area contributed by atoms with E-state index in [4.69, 9.17) is 0 Å². The number of aryl methyl sites for hydroxylation is 1. The summed E-state index contributed by atoms with van der Waals surface area (Å²) in [6.07, 6.45) is -5.23. The molecule has 0 amide bonds. The average Bonchev–Trinajstić information content (AvgIpc) is 2.48. The van der Waals surface area contributed by atoms with Crippen LogP contribution in [-0.4, -0.2) is 54.2 Å². The molecule has 1 atom stereocenters. The van der Waals surface area contributed by atoms with E-state index in [-0.39, 0.29) is 13.0 Å². The van der Waals surface area contributed by atoms with Crippen molar-refractivity contribution in [2.24, 2.45) is 0 Å². The maximum Gasteiger partial charge on any atom is 0.416 e. The Hall–Kier alpha value is -1.11. The van der Waals surface area contributed by atoms with Gasteiger partial charge < -0.3 is 5.11 Å². The zero-order chi connectivity index (χ0) is 16.3. The van der Waals surface area contributed by atoms with Crippen LogP contribution in [0.15, 0.2) is 18.2 Å². The summed E-state index contributed by atoms with van der Waals surface area (Å²) in [7, 11) is 0. The number of piperazine rings is 3. The lowest BCUT2D eigenvalue weighted by atomic mass is 10.0. The Labute approximate surface area is 136 Å². The van der Waals surface area contributed by atoms with Gasteiger partial charge in [-0.1, -0.05) is 19.1 Å². The van der Waals surface area contributed by atoms with Gasteiger partial charge in [0.15, 0.2) is 0 Å². The summed E-state index contributed by atoms with van der Waals surface area (Å²) >= 11 is 0. The lowest BCUT2D eigenvalue weighted by Gasteiger charge is -2.41. The van der Waals surface area contributed by atoms with E-state index in [2.05, 4.69) is 9.80 Å². The van der Waals surface area contributed by atoms with Crippen molar-refractivity contribution in [2.45, 2.75) is 33.6 Å². The van der Waals surface area contributed by atoms with Gasteiger partial charge in [0.2, 0.25) is 0 Å². The number of benzene rings is 1. The first kappa shape index (κ1) is 19.9. The van der Waals surface area contributed by atoms with Crippen LogP contribution in [0.25, 0.3) is 0 Å². The van der Waals surface area contributed by atoms with E-state index in [1.165, 1.54) is 46.2 Å². The van der Waals surface area contributed by atoms with Gasteiger partial charge >= 0.3 is 6.18 Å². The fraction of sp³-hybridized carbons (Fsp3) is 0.647. The van der Waals surface area contributed by atoms with Crippen molar-refractivity contribution in [3.8, 4) is 0 Å². The second-order valence-corrected chi connectivity index (χ2v) is 5.99. The number of nitrogens with zero attached hydrogens (tertiary/aromatic N) is 2. The highest BCUT2D eigenvalue weighted by molar-refractivity contribution is 5.32. The van der Waals surface area contributed by atoms with Gasteiger partial charge in [-0.2, -0.15) is 13.2 Å². The zero-order valence-electron chi connectivity index (χ0n) is 13.0. The monoisotopic (exact) mass is 332 g/mol. The standard InChI is InChI=1S/C10H11F3O.C6H12N2.CH4/c1-6-3-8(7(2)14)5-9(4-6)10(11,12)13;1-2-8-5-3-7(1)4-6-8;/h3-5,7,14H,1-2H3;1-6H2;1H4/t7-;;/m1../s1. The molecule has 1 aromatic rings. The molecule has 1 aromatic carbocycles. The summed E-state index contributed by atoms with van der Waals surface area (Å²) in [5, 5.41) is 9.17. The SMILES string of the molecule is C.C1CN2CCN1CC2.Cc1cc([C@@H](C)O)cc(C(F)(F)F)c1. The molecule has 2 bridgehead atoms. The van der Waals surface area contributed by atoms with Crippen molar-refractivity contribution < 1.29 is 18.3 Å². The number of alkyl halides is 3. The summed E-state index contributed by atoms with van der Waals surface area (Å²) in [4.78, 5) is 5.08. The highest BCUT2D eigenvalue weighted by Gasteiger charge is 2.31. The van der Waals surface area contributed by atoms with Gasteiger partial charge in [0, 0.05) is 39.3 Å². The molecule has 3 saturated heterocycles. The summed E-state index contributed by atoms with van der Waals surface area (Å²) in [6, 6.07) is 3.57. The molecule has 23 heavy (non-hydrogen) atoms. The minimum Gasteiger partial charge on any atom is -0.389 e. The van der Waals surface area contributed by atoms with Crippen LogP contribution in [0.4, 0.5) is 13.2 Å². The van der Waals surface area contributed by atoms with E-state index in [1.54, 1.807) is 13.0 Å². The molecule has 0 aromatic heterocycles. The van der Waals surface area contributed by atoms with Gasteiger partial charge in [-0.15, -0.1) is 0 Å². The number of halogens is 3. The quantitative estimate of drug-likeness (QED) is 0.855. The summed E-state index contributed by atoms with van der Waals surface area (Å²) < 4.78 is 37.0. The van der Waals surface area contributed by atoms with Crippen LogP contribution in [0.2, 0.25) is 0 Å². The van der Waals surface area contributed by atoms with E-state index in [0.29, 0.717) is 5.56 Å². The molecule has 3 heterocycles. The highest BCUT2D eigenvalue weighted by atomic mass is 19.4. The van der Waals surface area contributed by atoms with Crippen LogP contribution in [0, 0.1) is 6.92 Å². The Kier molecular flexibility index (Phi) is 7.04. The third kappa shape index (κ3) is 5.79. The van der Waals surface area contributed by atoms with Crippen molar-refractivity contribution in [2.75, 3.05) is 39.3 Å². The number of hydrogen-bond donors (Lipinski definition) is 1. The Morgan fingerprint density at radius 1 is 0.957 bits per heavy atom. The molecule has 0 aliphatic carbocycles. The van der Waals surface area contributed by atoms with Crippen LogP contribution < -0.4 is 0 Å². The van der Waals surface area contributed by atoms with E-state index in [0.717, 1.165) is 12.1 Å². The molecule has 3 fully saturated rings. The Morgan fingerprint density at radius 3 is 1.70 bits per heavy atom. The number of aliphatic hydroxyl groups is 1. The lowest BCUT2D eigenvalue weighted by Crippen LogP contribution is -2.55. The van der Waals surface area contributed by atoms with Crippen LogP contribution in [0.5, 0.6) is 0 Å². The normalized spacial score (nSPS) is 24.3. The lowest BCUT2D eigenvalue weighted by molar-refractivity contribution is -0.137. The van der Waals surface area contributed by atoms with Gasteiger partial charge in [0.1, 0.15) is 0 Å². The topological polar surface area (TPSA) is 26.7 Å². The molecular formula is C17H27F3N2O. The number of hydrogen-bond acceptors (Lipinski definition) is 3. The first-order chi connectivity index (χ1) is 10.3. The van der Waals surface area contributed by atoms with Crippen molar-refractivity contribution in [3.63, 3.8) is 0 Å². The average molecular weight is 332 g/mol. The molecule has 1 N–H and O–H groups in total. The molecule has 3 nitrogen and oxygen atoms in total. The second-order valence-electron chi connectivity index (χ2n) is 5.99. The smallest absolute Gasteiger partial charge is 0.389 e. The van der Waals surface area contributed by atoms with Crippen molar-refractivity contribution in [3.05, 3.63) is 34.9 Å². The Bertz CT molecular complexity index is 472. The van der Waals surface area contributed by atoms with E-state index in [1.807, 2.05) is 0 Å². The Morgan fingerprint density at radius 2 is 1.39 bits per heavy atom. The molecule has 0 spiro atoms. The maximum absolute atomic E-state index is 12.3. The Balaban J connectivity index is 0.000000248. The third-order valence-corrected chi connectivity index (χ3v) is 4.11. The van der Waals surface area contributed by atoms with Crippen LogP contribution >= 0.6 is 0 Å². The molecule has 3 aliphatic rings. The van der Waals surface area contributed by atoms with Crippen molar-refractivity contribution in [1.82, 2.24) is 9.80 Å². The number of aliphatic hydroxyl groups excluding tert-OH is 1. The molecule has 0 saturated carbocycles.